The first-order valence-corrected chi connectivity index (χ1v) is 4.80. The maximum Gasteiger partial charge on any atom is 0.407 e. The molecule has 0 unspecified atom stereocenters. The number of rotatable bonds is 4. The molecule has 0 aliphatic heterocycles. The van der Waals surface area contributed by atoms with Crippen molar-refractivity contribution >= 4 is 6.09 Å². The Hall–Kier alpha value is -1.51. The van der Waals surface area contributed by atoms with Crippen molar-refractivity contribution in [3.05, 3.63) is 37.0 Å². The smallest absolute Gasteiger partial charge is 0.407 e. The summed E-state index contributed by atoms with van der Waals surface area (Å²) in [5.41, 5.74) is 0.413. The van der Waals surface area contributed by atoms with Gasteiger partial charge in [-0.15, -0.1) is 0 Å². The van der Waals surface area contributed by atoms with Gasteiger partial charge in [0.2, 0.25) is 0 Å². The Morgan fingerprint density at radius 1 is 1.40 bits per heavy atom. The second-order valence-corrected chi connectivity index (χ2v) is 4.04. The van der Waals surface area contributed by atoms with Gasteiger partial charge in [0.25, 0.3) is 0 Å². The molecule has 1 N–H and O–H groups in total. The third-order valence-electron chi connectivity index (χ3n) is 1.43. The number of allylic oxidation sites excluding steroid dienone is 2. The first kappa shape index (κ1) is 13.5. The lowest BCUT2D eigenvalue weighted by Gasteiger charge is -2.19. The predicted molar refractivity (Wildman–Crippen MR) is 62.7 cm³/mol. The highest BCUT2D eigenvalue weighted by Crippen LogP contribution is 2.06. The minimum atomic E-state index is -0.472. The maximum atomic E-state index is 11.3. The van der Waals surface area contributed by atoms with Crippen LogP contribution in [0, 0.1) is 0 Å². The fraction of sp³-hybridized carbons (Fsp3) is 0.417. The van der Waals surface area contributed by atoms with E-state index in [0.717, 1.165) is 5.57 Å². The van der Waals surface area contributed by atoms with Gasteiger partial charge in [-0.1, -0.05) is 31.4 Å². The summed E-state index contributed by atoms with van der Waals surface area (Å²) in [6, 6.07) is 0. The van der Waals surface area contributed by atoms with E-state index in [1.165, 1.54) is 0 Å². The summed E-state index contributed by atoms with van der Waals surface area (Å²) in [5.74, 6) is 0. The maximum absolute atomic E-state index is 11.3. The van der Waals surface area contributed by atoms with Crippen molar-refractivity contribution in [2.24, 2.45) is 0 Å². The normalized spacial score (nSPS) is 11.8. The van der Waals surface area contributed by atoms with Crippen molar-refractivity contribution in [2.75, 3.05) is 6.54 Å². The molecule has 0 bridgehead atoms. The summed E-state index contributed by atoms with van der Waals surface area (Å²) in [6.45, 7) is 13.0. The first-order chi connectivity index (χ1) is 6.89. The van der Waals surface area contributed by atoms with Crippen LogP contribution in [0.1, 0.15) is 20.8 Å². The Kier molecular flexibility index (Phi) is 5.45. The molecule has 0 rings (SSSR count). The summed E-state index contributed by atoms with van der Waals surface area (Å²) < 4.78 is 5.07. The summed E-state index contributed by atoms with van der Waals surface area (Å²) in [6.07, 6.45) is 4.66. The lowest BCUT2D eigenvalue weighted by atomic mass is 10.2. The molecular weight excluding hydrogens is 190 g/mol. The molecule has 0 aliphatic rings. The lowest BCUT2D eigenvalue weighted by Crippen LogP contribution is -2.33. The molecular formula is C12H19NO2. The monoisotopic (exact) mass is 209 g/mol. The molecule has 0 heterocycles. The molecule has 0 aliphatic carbocycles. The Bertz CT molecular complexity index is 272. The van der Waals surface area contributed by atoms with Gasteiger partial charge in [0.05, 0.1) is 0 Å². The van der Waals surface area contributed by atoms with Crippen LogP contribution in [-0.4, -0.2) is 18.2 Å². The Labute approximate surface area is 91.5 Å². The second-order valence-electron chi connectivity index (χ2n) is 4.04. The third kappa shape index (κ3) is 7.55. The molecule has 3 heteroatoms. The number of alkyl carbamates (subject to hydrolysis) is 1. The van der Waals surface area contributed by atoms with Gasteiger partial charge in [-0.2, -0.15) is 0 Å². The van der Waals surface area contributed by atoms with E-state index in [-0.39, 0.29) is 0 Å². The molecule has 0 aromatic carbocycles. The van der Waals surface area contributed by atoms with E-state index in [1.807, 2.05) is 20.8 Å². The second kappa shape index (κ2) is 6.06. The van der Waals surface area contributed by atoms with Crippen molar-refractivity contribution in [1.29, 1.82) is 0 Å². The summed E-state index contributed by atoms with van der Waals surface area (Å²) in [4.78, 5) is 11.3. The summed E-state index contributed by atoms with van der Waals surface area (Å²) in [5, 5.41) is 2.63. The largest absolute Gasteiger partial charge is 0.444 e. The SMILES string of the molecule is C=C/C=C(\C=C)CNC(=O)OC(C)(C)C. The van der Waals surface area contributed by atoms with E-state index in [4.69, 9.17) is 4.74 Å². The van der Waals surface area contributed by atoms with Gasteiger partial charge in [-0.25, -0.2) is 4.79 Å². The topological polar surface area (TPSA) is 38.3 Å². The van der Waals surface area contributed by atoms with Crippen molar-refractivity contribution in [2.45, 2.75) is 26.4 Å². The zero-order valence-electron chi connectivity index (χ0n) is 9.67. The van der Waals surface area contributed by atoms with Crippen LogP contribution in [0.25, 0.3) is 0 Å². The molecule has 84 valence electrons. The third-order valence-corrected chi connectivity index (χ3v) is 1.43. The molecule has 0 atom stereocenters. The molecule has 1 amide bonds. The molecule has 3 nitrogen and oxygen atoms in total. The van der Waals surface area contributed by atoms with Crippen molar-refractivity contribution in [1.82, 2.24) is 5.32 Å². The molecule has 0 saturated heterocycles. The van der Waals surface area contributed by atoms with E-state index >= 15 is 0 Å². The molecule has 0 radical (unpaired) electrons. The van der Waals surface area contributed by atoms with Crippen LogP contribution in [0.4, 0.5) is 4.79 Å². The number of nitrogens with one attached hydrogen (secondary N) is 1. The van der Waals surface area contributed by atoms with Crippen LogP contribution >= 0.6 is 0 Å². The zero-order valence-corrected chi connectivity index (χ0v) is 9.67. The van der Waals surface area contributed by atoms with Gasteiger partial charge < -0.3 is 10.1 Å². The van der Waals surface area contributed by atoms with Gasteiger partial charge in [-0.3, -0.25) is 0 Å². The highest BCUT2D eigenvalue weighted by molar-refractivity contribution is 5.68. The molecule has 0 fully saturated rings. The predicted octanol–water partition coefficient (Wildman–Crippen LogP) is 2.81. The van der Waals surface area contributed by atoms with E-state index in [9.17, 15) is 4.79 Å². The number of hydrogen-bond acceptors (Lipinski definition) is 2. The fourth-order valence-electron chi connectivity index (χ4n) is 0.839. The van der Waals surface area contributed by atoms with E-state index in [0.29, 0.717) is 6.54 Å². The molecule has 0 saturated carbocycles. The van der Waals surface area contributed by atoms with Gasteiger partial charge in [0, 0.05) is 6.54 Å². The standard InChI is InChI=1S/C12H19NO2/c1-6-8-10(7-2)9-13-11(14)15-12(3,4)5/h6-8H,1-2,9H2,3-5H3,(H,13,14)/b10-8+. The fourth-order valence-corrected chi connectivity index (χ4v) is 0.839. The van der Waals surface area contributed by atoms with Gasteiger partial charge in [-0.05, 0) is 26.3 Å². The van der Waals surface area contributed by atoms with Crippen molar-refractivity contribution in [3.8, 4) is 0 Å². The summed E-state index contributed by atoms with van der Waals surface area (Å²) >= 11 is 0. The van der Waals surface area contributed by atoms with Gasteiger partial charge >= 0.3 is 6.09 Å². The summed E-state index contributed by atoms with van der Waals surface area (Å²) in [7, 11) is 0. The number of ether oxygens (including phenoxy) is 1. The van der Waals surface area contributed by atoms with Crippen LogP contribution in [0.2, 0.25) is 0 Å². The highest BCUT2D eigenvalue weighted by Gasteiger charge is 2.15. The number of amides is 1. The quantitative estimate of drug-likeness (QED) is 0.723. The minimum Gasteiger partial charge on any atom is -0.444 e. The molecule has 15 heavy (non-hydrogen) atoms. The number of carbonyl (C=O) groups is 1. The van der Waals surface area contributed by atoms with Crippen LogP contribution in [0.5, 0.6) is 0 Å². The first-order valence-electron chi connectivity index (χ1n) is 4.80. The number of hydrogen-bond donors (Lipinski definition) is 1. The minimum absolute atomic E-state index is 0.393. The van der Waals surface area contributed by atoms with Crippen LogP contribution in [0.15, 0.2) is 37.0 Å². The highest BCUT2D eigenvalue weighted by atomic mass is 16.6. The average molecular weight is 209 g/mol. The number of carbonyl (C=O) groups excluding carboxylic acids is 1. The zero-order chi connectivity index (χ0) is 11.9. The Balaban J connectivity index is 4.05. The lowest BCUT2D eigenvalue weighted by molar-refractivity contribution is 0.0533. The van der Waals surface area contributed by atoms with E-state index in [2.05, 4.69) is 18.5 Å². The van der Waals surface area contributed by atoms with Gasteiger partial charge in [0.1, 0.15) is 5.60 Å². The molecule has 0 spiro atoms. The Morgan fingerprint density at radius 3 is 2.40 bits per heavy atom. The van der Waals surface area contributed by atoms with Crippen LogP contribution in [-0.2, 0) is 4.74 Å². The molecule has 0 aromatic rings. The average Bonchev–Trinajstić information content (AvgIpc) is 2.09. The van der Waals surface area contributed by atoms with Crippen LogP contribution in [0.3, 0.4) is 0 Å². The van der Waals surface area contributed by atoms with E-state index < -0.39 is 11.7 Å². The molecule has 0 aromatic heterocycles. The van der Waals surface area contributed by atoms with Crippen molar-refractivity contribution in [3.63, 3.8) is 0 Å². The Morgan fingerprint density at radius 2 is 2.00 bits per heavy atom. The van der Waals surface area contributed by atoms with Gasteiger partial charge in [0.15, 0.2) is 0 Å². The van der Waals surface area contributed by atoms with E-state index in [1.54, 1.807) is 18.2 Å². The van der Waals surface area contributed by atoms with Crippen LogP contribution < -0.4 is 5.32 Å². The van der Waals surface area contributed by atoms with Crippen molar-refractivity contribution < 1.29 is 9.53 Å².